The highest BCUT2D eigenvalue weighted by Gasteiger charge is 2.25. The Kier molecular flexibility index (Phi) is 6.01. The van der Waals surface area contributed by atoms with Crippen molar-refractivity contribution < 1.29 is 9.79 Å². The summed E-state index contributed by atoms with van der Waals surface area (Å²) in [6.07, 6.45) is 0. The minimum Gasteiger partial charge on any atom is -0.347 e. The second-order valence-electron chi connectivity index (χ2n) is 9.65. The van der Waals surface area contributed by atoms with Crippen LogP contribution in [-0.4, -0.2) is 9.79 Å². The molecule has 0 saturated carbocycles. The van der Waals surface area contributed by atoms with Crippen molar-refractivity contribution in [2.45, 2.75) is 52.4 Å². The number of rotatable bonds is 3. The zero-order valence-corrected chi connectivity index (χ0v) is 19.1. The fraction of sp³-hybridized carbons (Fsp3) is 0.308. The van der Waals surface area contributed by atoms with Crippen LogP contribution in [0.3, 0.4) is 0 Å². The summed E-state index contributed by atoms with van der Waals surface area (Å²) in [6, 6.07) is 22.7. The fourth-order valence-electron chi connectivity index (χ4n) is 3.60. The Hall–Kier alpha value is -1.99. The van der Waals surface area contributed by atoms with Crippen molar-refractivity contribution in [1.29, 1.82) is 0 Å². The van der Waals surface area contributed by atoms with Gasteiger partial charge in [0.1, 0.15) is 0 Å². The first-order valence-electron chi connectivity index (χ1n) is 10.0. The van der Waals surface area contributed by atoms with Gasteiger partial charge in [0.15, 0.2) is 8.38 Å². The standard InChI is InChI=1S/C26H31O2P/c1-25(2,3)20-13-14-21(23(17-20)26(4,5)6)22-16-19(12-15-24(22)29(27)28)18-10-8-7-9-11-18/h7-17,27-28H,1-6H3. The molecular formula is C26H31O2P. The van der Waals surface area contributed by atoms with Crippen LogP contribution in [0.25, 0.3) is 22.3 Å². The van der Waals surface area contributed by atoms with Crippen LogP contribution in [0.4, 0.5) is 0 Å². The molecule has 29 heavy (non-hydrogen) atoms. The zero-order valence-electron chi connectivity index (χ0n) is 18.2. The topological polar surface area (TPSA) is 40.5 Å². The molecule has 0 atom stereocenters. The van der Waals surface area contributed by atoms with Gasteiger partial charge in [0.2, 0.25) is 0 Å². The minimum atomic E-state index is -2.20. The van der Waals surface area contributed by atoms with E-state index in [-0.39, 0.29) is 10.8 Å². The van der Waals surface area contributed by atoms with Crippen molar-refractivity contribution in [3.05, 3.63) is 77.9 Å². The van der Waals surface area contributed by atoms with Crippen LogP contribution < -0.4 is 5.30 Å². The van der Waals surface area contributed by atoms with Gasteiger partial charge >= 0.3 is 0 Å². The summed E-state index contributed by atoms with van der Waals surface area (Å²) < 4.78 is 0. The second kappa shape index (κ2) is 8.03. The van der Waals surface area contributed by atoms with Crippen LogP contribution in [0, 0.1) is 0 Å². The third-order valence-electron chi connectivity index (χ3n) is 5.30. The van der Waals surface area contributed by atoms with Crippen molar-refractivity contribution in [3.63, 3.8) is 0 Å². The molecule has 0 aromatic heterocycles. The molecular weight excluding hydrogens is 375 g/mol. The lowest BCUT2D eigenvalue weighted by Gasteiger charge is -2.28. The van der Waals surface area contributed by atoms with E-state index in [9.17, 15) is 9.79 Å². The van der Waals surface area contributed by atoms with Gasteiger partial charge in [0, 0.05) is 5.30 Å². The van der Waals surface area contributed by atoms with Gasteiger partial charge < -0.3 is 9.79 Å². The third kappa shape index (κ3) is 4.78. The van der Waals surface area contributed by atoms with Crippen LogP contribution in [0.15, 0.2) is 66.7 Å². The summed E-state index contributed by atoms with van der Waals surface area (Å²) in [6.45, 7) is 13.3. The van der Waals surface area contributed by atoms with Crippen molar-refractivity contribution in [3.8, 4) is 22.3 Å². The quantitative estimate of drug-likeness (QED) is 0.485. The van der Waals surface area contributed by atoms with E-state index >= 15 is 0 Å². The lowest BCUT2D eigenvalue weighted by atomic mass is 9.77. The summed E-state index contributed by atoms with van der Waals surface area (Å²) in [5.41, 5.74) is 6.61. The Morgan fingerprint density at radius 1 is 0.621 bits per heavy atom. The molecule has 3 heteroatoms. The summed E-state index contributed by atoms with van der Waals surface area (Å²) >= 11 is 0. The second-order valence-corrected chi connectivity index (χ2v) is 10.7. The van der Waals surface area contributed by atoms with Gasteiger partial charge in [-0.15, -0.1) is 0 Å². The van der Waals surface area contributed by atoms with Crippen molar-refractivity contribution >= 4 is 13.7 Å². The average Bonchev–Trinajstić information content (AvgIpc) is 2.66. The maximum absolute atomic E-state index is 10.1. The van der Waals surface area contributed by atoms with Crippen LogP contribution >= 0.6 is 8.38 Å². The summed E-state index contributed by atoms with van der Waals surface area (Å²) in [5.74, 6) is 0. The highest BCUT2D eigenvalue weighted by Crippen LogP contribution is 2.40. The number of benzene rings is 3. The molecule has 0 fully saturated rings. The molecule has 3 rings (SSSR count). The zero-order chi connectivity index (χ0) is 21.4. The maximum Gasteiger partial charge on any atom is 0.200 e. The molecule has 0 spiro atoms. The Morgan fingerprint density at radius 2 is 1.28 bits per heavy atom. The summed E-state index contributed by atoms with van der Waals surface area (Å²) in [5, 5.41) is 0.591. The van der Waals surface area contributed by atoms with E-state index in [0.29, 0.717) is 5.30 Å². The first-order valence-corrected chi connectivity index (χ1v) is 11.3. The smallest absolute Gasteiger partial charge is 0.200 e. The normalized spacial score (nSPS) is 12.4. The number of hydrogen-bond donors (Lipinski definition) is 2. The van der Waals surface area contributed by atoms with Crippen molar-refractivity contribution in [2.24, 2.45) is 0 Å². The van der Waals surface area contributed by atoms with Crippen LogP contribution in [0.2, 0.25) is 0 Å². The molecule has 2 nitrogen and oxygen atoms in total. The molecule has 0 saturated heterocycles. The lowest BCUT2D eigenvalue weighted by molar-refractivity contribution is 0.497. The van der Waals surface area contributed by atoms with Gasteiger partial charge in [-0.2, -0.15) is 0 Å². The Labute approximate surface area is 176 Å². The molecule has 3 aromatic carbocycles. The largest absolute Gasteiger partial charge is 0.347 e. The van der Waals surface area contributed by atoms with E-state index < -0.39 is 8.38 Å². The van der Waals surface area contributed by atoms with Gasteiger partial charge in [0.05, 0.1) is 0 Å². The highest BCUT2D eigenvalue weighted by molar-refractivity contribution is 7.54. The van der Waals surface area contributed by atoms with E-state index in [2.05, 4.69) is 77.9 Å². The predicted molar refractivity (Wildman–Crippen MR) is 126 cm³/mol. The van der Waals surface area contributed by atoms with E-state index in [1.807, 2.05) is 30.3 Å². The van der Waals surface area contributed by atoms with Crippen LogP contribution in [0.1, 0.15) is 52.7 Å². The molecule has 0 amide bonds. The fourth-order valence-corrected chi connectivity index (χ4v) is 4.21. The first kappa shape index (κ1) is 21.7. The van der Waals surface area contributed by atoms with Gasteiger partial charge in [-0.3, -0.25) is 0 Å². The van der Waals surface area contributed by atoms with Gasteiger partial charge in [-0.1, -0.05) is 96.1 Å². The highest BCUT2D eigenvalue weighted by atomic mass is 31.2. The van der Waals surface area contributed by atoms with Crippen molar-refractivity contribution in [1.82, 2.24) is 0 Å². The Balaban J connectivity index is 2.28. The predicted octanol–water partition coefficient (Wildman–Crippen LogP) is 6.54. The van der Waals surface area contributed by atoms with Gasteiger partial charge in [-0.25, -0.2) is 0 Å². The first-order chi connectivity index (χ1) is 13.5. The number of hydrogen-bond acceptors (Lipinski definition) is 2. The monoisotopic (exact) mass is 406 g/mol. The van der Waals surface area contributed by atoms with Crippen LogP contribution in [0.5, 0.6) is 0 Å². The molecule has 0 radical (unpaired) electrons. The minimum absolute atomic E-state index is 0.0494. The lowest BCUT2D eigenvalue weighted by Crippen LogP contribution is -2.18. The summed E-state index contributed by atoms with van der Waals surface area (Å²) in [7, 11) is -2.20. The molecule has 0 aliphatic carbocycles. The van der Waals surface area contributed by atoms with E-state index in [1.54, 1.807) is 0 Å². The Bertz CT molecular complexity index is 993. The molecule has 0 unspecified atom stereocenters. The van der Waals surface area contributed by atoms with Crippen LogP contribution in [-0.2, 0) is 10.8 Å². The van der Waals surface area contributed by atoms with Crippen molar-refractivity contribution in [2.75, 3.05) is 0 Å². The van der Waals surface area contributed by atoms with E-state index in [4.69, 9.17) is 0 Å². The Morgan fingerprint density at radius 3 is 1.83 bits per heavy atom. The maximum atomic E-state index is 10.1. The summed E-state index contributed by atoms with van der Waals surface area (Å²) in [4.78, 5) is 20.3. The molecule has 3 aromatic rings. The van der Waals surface area contributed by atoms with E-state index in [1.165, 1.54) is 11.1 Å². The van der Waals surface area contributed by atoms with E-state index in [0.717, 1.165) is 22.3 Å². The molecule has 2 N–H and O–H groups in total. The molecule has 0 aliphatic rings. The molecule has 152 valence electrons. The molecule has 0 bridgehead atoms. The SMILES string of the molecule is CC(C)(C)c1ccc(-c2cc(-c3ccccc3)ccc2P(O)O)c(C(C)(C)C)c1. The van der Waals surface area contributed by atoms with Gasteiger partial charge in [-0.05, 0) is 56.3 Å². The van der Waals surface area contributed by atoms with Gasteiger partial charge in [0.25, 0.3) is 0 Å². The molecule has 0 aliphatic heterocycles. The molecule has 0 heterocycles. The third-order valence-corrected chi connectivity index (χ3v) is 6.12. The average molecular weight is 407 g/mol.